The van der Waals surface area contributed by atoms with Crippen LogP contribution in [-0.4, -0.2) is 64.1 Å². The number of aliphatic carboxylic acids is 1. The molecule has 1 saturated heterocycles. The summed E-state index contributed by atoms with van der Waals surface area (Å²) >= 11 is 0. The molecule has 2 amide bonds. The largest absolute Gasteiger partial charge is 0.480 e. The summed E-state index contributed by atoms with van der Waals surface area (Å²) in [6, 6.07) is 11.7. The maximum Gasteiger partial charge on any atom is 0.320 e. The Morgan fingerprint density at radius 1 is 1.14 bits per heavy atom. The fourth-order valence-corrected chi connectivity index (χ4v) is 4.40. The van der Waals surface area contributed by atoms with E-state index in [0.717, 1.165) is 17.8 Å². The molecule has 2 heterocycles. The summed E-state index contributed by atoms with van der Waals surface area (Å²) in [6.07, 6.45) is 0. The van der Waals surface area contributed by atoms with Gasteiger partial charge in [0.15, 0.2) is 11.6 Å². The highest BCUT2D eigenvalue weighted by atomic mass is 19.2. The average Bonchev–Trinajstić information content (AvgIpc) is 3.37. The first kappa shape index (κ1) is 25.1. The molecule has 0 radical (unpaired) electrons. The molecule has 3 N–H and O–H groups in total. The molecule has 1 aliphatic rings. The van der Waals surface area contributed by atoms with Crippen molar-refractivity contribution in [2.45, 2.75) is 25.8 Å². The van der Waals surface area contributed by atoms with E-state index in [1.807, 2.05) is 37.3 Å². The van der Waals surface area contributed by atoms with Crippen LogP contribution >= 0.6 is 0 Å². The zero-order valence-electron chi connectivity index (χ0n) is 19.9. The predicted octanol–water partition coefficient (Wildman–Crippen LogP) is 3.53. The molecule has 2 aromatic carbocycles. The molecule has 9 nitrogen and oxygen atoms in total. The Kier molecular flexibility index (Phi) is 7.49. The first-order chi connectivity index (χ1) is 17.3. The maximum absolute atomic E-state index is 13.9. The second-order valence-corrected chi connectivity index (χ2v) is 8.53. The maximum atomic E-state index is 13.9. The normalized spacial score (nSPS) is 17.7. The lowest BCUT2D eigenvalue weighted by atomic mass is 9.94. The van der Waals surface area contributed by atoms with Gasteiger partial charge in [-0.2, -0.15) is 0 Å². The van der Waals surface area contributed by atoms with Crippen molar-refractivity contribution >= 4 is 17.8 Å². The smallest absolute Gasteiger partial charge is 0.320 e. The first-order valence-corrected chi connectivity index (χ1v) is 11.5. The van der Waals surface area contributed by atoms with Crippen molar-refractivity contribution in [3.8, 4) is 11.6 Å². The summed E-state index contributed by atoms with van der Waals surface area (Å²) in [5, 5.41) is 19.4. The lowest BCUT2D eigenvalue weighted by Gasteiger charge is -2.21. The molecule has 36 heavy (non-hydrogen) atoms. The van der Waals surface area contributed by atoms with E-state index >= 15 is 0 Å². The molecular weight excluding hydrogens is 472 g/mol. The number of hydrogen-bond donors (Lipinski definition) is 3. The molecule has 4 rings (SSSR count). The second-order valence-electron chi connectivity index (χ2n) is 8.53. The van der Waals surface area contributed by atoms with Gasteiger partial charge in [0, 0.05) is 19.0 Å². The van der Waals surface area contributed by atoms with Crippen molar-refractivity contribution in [3.63, 3.8) is 0 Å². The molecule has 0 aliphatic carbocycles. The second kappa shape index (κ2) is 10.7. The third-order valence-electron chi connectivity index (χ3n) is 6.04. The highest BCUT2D eigenvalue weighted by Crippen LogP contribution is 2.30. The summed E-state index contributed by atoms with van der Waals surface area (Å²) in [5.41, 5.74) is 1.82. The van der Waals surface area contributed by atoms with Crippen LogP contribution in [0, 0.1) is 18.6 Å². The fraction of sp³-hybridized carbons (Fsp3) is 0.320. The van der Waals surface area contributed by atoms with Crippen molar-refractivity contribution in [1.29, 1.82) is 0 Å². The minimum absolute atomic E-state index is 0.227. The Morgan fingerprint density at radius 3 is 2.56 bits per heavy atom. The summed E-state index contributed by atoms with van der Waals surface area (Å²) in [7, 11) is 0. The molecule has 0 spiro atoms. The first-order valence-electron chi connectivity index (χ1n) is 11.5. The molecule has 3 aromatic rings. The Hall–Kier alpha value is -3.99. The van der Waals surface area contributed by atoms with Gasteiger partial charge in [0.05, 0.1) is 30.4 Å². The Morgan fingerprint density at radius 2 is 1.89 bits per heavy atom. The molecule has 2 atom stereocenters. The Balaban J connectivity index is 1.58. The summed E-state index contributed by atoms with van der Waals surface area (Å²) in [5.74, 6) is -2.65. The van der Waals surface area contributed by atoms with Crippen molar-refractivity contribution in [2.24, 2.45) is 0 Å². The Labute approximate surface area is 206 Å². The van der Waals surface area contributed by atoms with Crippen molar-refractivity contribution in [1.82, 2.24) is 20.0 Å². The number of carboxylic acid groups (broad SMARTS) is 1. The van der Waals surface area contributed by atoms with E-state index in [2.05, 4.69) is 15.7 Å². The molecule has 0 unspecified atom stereocenters. The van der Waals surface area contributed by atoms with Crippen LogP contribution in [0.4, 0.5) is 19.4 Å². The number of anilines is 1. The SMILES string of the molecule is CCOc1nn(-c2ccccc2)c(NC(=O)N[C@@H]2CN(CC(=O)O)C[C@H]2c2ccc(F)c(F)c2)c1C. The Bertz CT molecular complexity index is 1250. The number of aromatic nitrogens is 2. The number of halogens is 2. The summed E-state index contributed by atoms with van der Waals surface area (Å²) in [4.78, 5) is 26.0. The van der Waals surface area contributed by atoms with Gasteiger partial charge in [-0.05, 0) is 43.7 Å². The number of rotatable bonds is 8. The van der Waals surface area contributed by atoms with E-state index < -0.39 is 35.6 Å². The van der Waals surface area contributed by atoms with E-state index in [-0.39, 0.29) is 19.6 Å². The zero-order valence-corrected chi connectivity index (χ0v) is 19.9. The lowest BCUT2D eigenvalue weighted by Crippen LogP contribution is -2.42. The number of carbonyl (C=O) groups excluding carboxylic acids is 1. The molecule has 11 heteroatoms. The zero-order chi connectivity index (χ0) is 25.8. The van der Waals surface area contributed by atoms with Gasteiger partial charge in [0.1, 0.15) is 5.82 Å². The van der Waals surface area contributed by atoms with Crippen LogP contribution in [0.5, 0.6) is 5.88 Å². The van der Waals surface area contributed by atoms with Crippen molar-refractivity contribution in [2.75, 3.05) is 31.6 Å². The molecule has 1 fully saturated rings. The standard InChI is InChI=1S/C25H27F2N5O4/c1-3-36-24-15(2)23(32(30-24)17-7-5-4-6-8-17)29-25(35)28-21-13-31(14-22(33)34)12-18(21)16-9-10-19(26)20(27)11-16/h4-11,18,21H,3,12-14H2,1-2H3,(H,33,34)(H2,28,29,35)/t18-,21+/m0/s1. The van der Waals surface area contributed by atoms with Crippen LogP contribution in [0.2, 0.25) is 0 Å². The van der Waals surface area contributed by atoms with Gasteiger partial charge in [-0.3, -0.25) is 15.0 Å². The molecular formula is C25H27F2N5O4. The predicted molar refractivity (Wildman–Crippen MR) is 129 cm³/mol. The van der Waals surface area contributed by atoms with Crippen LogP contribution in [0.3, 0.4) is 0 Å². The number of carboxylic acids is 1. The van der Waals surface area contributed by atoms with Crippen molar-refractivity contribution < 1.29 is 28.2 Å². The van der Waals surface area contributed by atoms with Gasteiger partial charge in [-0.25, -0.2) is 18.3 Å². The lowest BCUT2D eigenvalue weighted by molar-refractivity contribution is -0.138. The van der Waals surface area contributed by atoms with E-state index in [9.17, 15) is 23.5 Å². The van der Waals surface area contributed by atoms with Gasteiger partial charge in [-0.1, -0.05) is 24.3 Å². The van der Waals surface area contributed by atoms with Crippen LogP contribution in [0.15, 0.2) is 48.5 Å². The van der Waals surface area contributed by atoms with Crippen LogP contribution in [-0.2, 0) is 4.79 Å². The molecule has 190 valence electrons. The summed E-state index contributed by atoms with van der Waals surface area (Å²) in [6.45, 7) is 4.26. The van der Waals surface area contributed by atoms with Gasteiger partial charge < -0.3 is 15.2 Å². The topological polar surface area (TPSA) is 109 Å². The van der Waals surface area contributed by atoms with Crippen LogP contribution in [0.1, 0.15) is 24.0 Å². The monoisotopic (exact) mass is 499 g/mol. The van der Waals surface area contributed by atoms with E-state index in [1.165, 1.54) is 6.07 Å². The van der Waals surface area contributed by atoms with Gasteiger partial charge >= 0.3 is 12.0 Å². The van der Waals surface area contributed by atoms with E-state index in [0.29, 0.717) is 29.4 Å². The van der Waals surface area contributed by atoms with Gasteiger partial charge in [-0.15, -0.1) is 5.10 Å². The number of ether oxygens (including phenoxy) is 1. The number of nitrogens with one attached hydrogen (secondary N) is 2. The van der Waals surface area contributed by atoms with Crippen molar-refractivity contribution in [3.05, 3.63) is 71.3 Å². The van der Waals surface area contributed by atoms with Crippen LogP contribution in [0.25, 0.3) is 5.69 Å². The number of likely N-dealkylation sites (tertiary alicyclic amines) is 1. The summed E-state index contributed by atoms with van der Waals surface area (Å²) < 4.78 is 34.6. The number of carbonyl (C=O) groups is 2. The third kappa shape index (κ3) is 5.46. The third-order valence-corrected chi connectivity index (χ3v) is 6.04. The van der Waals surface area contributed by atoms with Crippen LogP contribution < -0.4 is 15.4 Å². The van der Waals surface area contributed by atoms with E-state index in [1.54, 1.807) is 16.5 Å². The highest BCUT2D eigenvalue weighted by molar-refractivity contribution is 5.90. The number of urea groups is 1. The highest BCUT2D eigenvalue weighted by Gasteiger charge is 2.36. The average molecular weight is 500 g/mol. The molecule has 0 saturated carbocycles. The molecule has 1 aliphatic heterocycles. The number of nitrogens with zero attached hydrogens (tertiary/aromatic N) is 3. The number of para-hydroxylation sites is 1. The van der Waals surface area contributed by atoms with Gasteiger partial charge in [0.25, 0.3) is 0 Å². The fourth-order valence-electron chi connectivity index (χ4n) is 4.40. The number of hydrogen-bond acceptors (Lipinski definition) is 5. The minimum atomic E-state index is -1.02. The molecule has 1 aromatic heterocycles. The van der Waals surface area contributed by atoms with Gasteiger partial charge in [0.2, 0.25) is 5.88 Å². The molecule has 0 bridgehead atoms. The number of amides is 2. The van der Waals surface area contributed by atoms with E-state index in [4.69, 9.17) is 4.74 Å². The number of benzene rings is 2. The quantitative estimate of drug-likeness (QED) is 0.438. The minimum Gasteiger partial charge on any atom is -0.480 e.